The van der Waals surface area contributed by atoms with Crippen molar-refractivity contribution in [1.82, 2.24) is 10.2 Å². The Morgan fingerprint density at radius 2 is 2.17 bits per heavy atom. The summed E-state index contributed by atoms with van der Waals surface area (Å²) >= 11 is 0. The summed E-state index contributed by atoms with van der Waals surface area (Å²) in [6, 6.07) is 7.18. The van der Waals surface area contributed by atoms with Crippen molar-refractivity contribution in [3.8, 4) is 5.75 Å². The molecule has 0 aromatic heterocycles. The van der Waals surface area contributed by atoms with Crippen LogP contribution in [0.15, 0.2) is 24.3 Å². The zero-order valence-electron chi connectivity index (χ0n) is 10.8. The lowest BCUT2D eigenvalue weighted by molar-refractivity contribution is -0.119. The number of hydrogen-bond donors (Lipinski definition) is 2. The highest BCUT2D eigenvalue weighted by Gasteiger charge is 2.23. The van der Waals surface area contributed by atoms with E-state index in [0.29, 0.717) is 0 Å². The number of rotatable bonds is 3. The fourth-order valence-corrected chi connectivity index (χ4v) is 1.98. The summed E-state index contributed by atoms with van der Waals surface area (Å²) < 4.78 is 5.07. The molecule has 1 atom stereocenters. The van der Waals surface area contributed by atoms with E-state index < -0.39 is 0 Å². The number of carbonyl (C=O) groups is 1. The third-order valence-electron chi connectivity index (χ3n) is 3.05. The van der Waals surface area contributed by atoms with Gasteiger partial charge in [-0.1, -0.05) is 0 Å². The van der Waals surface area contributed by atoms with Crippen molar-refractivity contribution in [2.45, 2.75) is 6.04 Å². The summed E-state index contributed by atoms with van der Waals surface area (Å²) in [6.45, 7) is 2.56. The molecule has 0 spiro atoms. The second-order valence-corrected chi connectivity index (χ2v) is 4.49. The molecule has 18 heavy (non-hydrogen) atoms. The lowest BCUT2D eigenvalue weighted by atomic mass is 10.2. The number of nitrogens with zero attached hydrogens (tertiary/aromatic N) is 1. The van der Waals surface area contributed by atoms with Crippen LogP contribution in [-0.4, -0.2) is 50.6 Å². The average Bonchev–Trinajstić information content (AvgIpc) is 2.39. The van der Waals surface area contributed by atoms with Crippen molar-refractivity contribution in [1.29, 1.82) is 0 Å². The van der Waals surface area contributed by atoms with Gasteiger partial charge in [0.25, 0.3) is 0 Å². The predicted molar refractivity (Wildman–Crippen MR) is 70.9 cm³/mol. The number of carbonyl (C=O) groups excluding carboxylic acids is 1. The van der Waals surface area contributed by atoms with Crippen LogP contribution in [0.1, 0.15) is 0 Å². The SMILES string of the molecule is COc1ccc(NC(=O)C2CN(C)CCN2)cc1. The van der Waals surface area contributed by atoms with Gasteiger partial charge in [-0.25, -0.2) is 0 Å². The van der Waals surface area contributed by atoms with Gasteiger partial charge in [-0.2, -0.15) is 0 Å². The minimum absolute atomic E-state index is 0.00622. The number of ether oxygens (including phenoxy) is 1. The van der Waals surface area contributed by atoms with Crippen LogP contribution in [0, 0.1) is 0 Å². The number of likely N-dealkylation sites (N-methyl/N-ethyl adjacent to an activating group) is 1. The van der Waals surface area contributed by atoms with E-state index in [2.05, 4.69) is 15.5 Å². The molecule has 98 valence electrons. The Morgan fingerprint density at radius 3 is 2.78 bits per heavy atom. The van der Waals surface area contributed by atoms with Crippen molar-refractivity contribution in [3.05, 3.63) is 24.3 Å². The van der Waals surface area contributed by atoms with Gasteiger partial charge in [0.15, 0.2) is 0 Å². The molecule has 0 aliphatic carbocycles. The summed E-state index contributed by atoms with van der Waals surface area (Å²) in [5.74, 6) is 0.787. The van der Waals surface area contributed by atoms with Crippen molar-refractivity contribution < 1.29 is 9.53 Å². The summed E-state index contributed by atoms with van der Waals surface area (Å²) in [5.41, 5.74) is 0.788. The van der Waals surface area contributed by atoms with Crippen LogP contribution in [0.4, 0.5) is 5.69 Å². The van der Waals surface area contributed by atoms with Gasteiger partial charge in [0.1, 0.15) is 5.75 Å². The molecule has 1 aliphatic rings. The van der Waals surface area contributed by atoms with Crippen LogP contribution in [0.3, 0.4) is 0 Å². The normalized spacial score (nSPS) is 20.4. The molecule has 1 heterocycles. The minimum Gasteiger partial charge on any atom is -0.497 e. The molecule has 1 aromatic rings. The lowest BCUT2D eigenvalue weighted by Gasteiger charge is -2.29. The van der Waals surface area contributed by atoms with Crippen LogP contribution >= 0.6 is 0 Å². The predicted octanol–water partition coefficient (Wildman–Crippen LogP) is 0.537. The zero-order valence-corrected chi connectivity index (χ0v) is 10.8. The van der Waals surface area contributed by atoms with Crippen molar-refractivity contribution in [2.24, 2.45) is 0 Å². The maximum absolute atomic E-state index is 12.0. The molecular formula is C13H19N3O2. The quantitative estimate of drug-likeness (QED) is 0.821. The van der Waals surface area contributed by atoms with Gasteiger partial charge in [-0.3, -0.25) is 4.79 Å². The summed E-state index contributed by atoms with van der Waals surface area (Å²) in [4.78, 5) is 14.2. The van der Waals surface area contributed by atoms with Crippen LogP contribution in [0.5, 0.6) is 5.75 Å². The first-order valence-electron chi connectivity index (χ1n) is 6.06. The molecule has 0 saturated carbocycles. The molecule has 5 heteroatoms. The number of methoxy groups -OCH3 is 1. The molecule has 1 fully saturated rings. The first kappa shape index (κ1) is 12.9. The molecule has 1 amide bonds. The van der Waals surface area contributed by atoms with Gasteiger partial charge >= 0.3 is 0 Å². The third kappa shape index (κ3) is 3.21. The Balaban J connectivity index is 1.93. The third-order valence-corrected chi connectivity index (χ3v) is 3.05. The Hall–Kier alpha value is -1.59. The van der Waals surface area contributed by atoms with E-state index in [1.807, 2.05) is 31.3 Å². The number of piperazine rings is 1. The standard InChI is InChI=1S/C13H19N3O2/c1-16-8-7-14-12(9-16)13(17)15-10-3-5-11(18-2)6-4-10/h3-6,12,14H,7-9H2,1-2H3,(H,15,17). The Labute approximate surface area is 107 Å². The fourth-order valence-electron chi connectivity index (χ4n) is 1.98. The highest BCUT2D eigenvalue weighted by Crippen LogP contribution is 2.15. The van der Waals surface area contributed by atoms with Crippen LogP contribution in [-0.2, 0) is 4.79 Å². The number of anilines is 1. The lowest BCUT2D eigenvalue weighted by Crippen LogP contribution is -2.54. The van der Waals surface area contributed by atoms with Gasteiger partial charge in [-0.15, -0.1) is 0 Å². The van der Waals surface area contributed by atoms with Crippen LogP contribution < -0.4 is 15.4 Å². The van der Waals surface area contributed by atoms with Gasteiger partial charge in [0.2, 0.25) is 5.91 Å². The van der Waals surface area contributed by atoms with E-state index >= 15 is 0 Å². The maximum Gasteiger partial charge on any atom is 0.242 e. The zero-order chi connectivity index (χ0) is 13.0. The highest BCUT2D eigenvalue weighted by molar-refractivity contribution is 5.95. The van der Waals surface area contributed by atoms with E-state index in [9.17, 15) is 4.79 Å². The van der Waals surface area contributed by atoms with E-state index in [4.69, 9.17) is 4.74 Å². The number of nitrogens with one attached hydrogen (secondary N) is 2. The molecule has 0 bridgehead atoms. The van der Waals surface area contributed by atoms with Gasteiger partial charge < -0.3 is 20.3 Å². The van der Waals surface area contributed by atoms with E-state index in [1.54, 1.807) is 7.11 Å². The first-order valence-corrected chi connectivity index (χ1v) is 6.06. The molecule has 0 radical (unpaired) electrons. The molecule has 1 unspecified atom stereocenters. The first-order chi connectivity index (χ1) is 8.69. The largest absolute Gasteiger partial charge is 0.497 e. The fraction of sp³-hybridized carbons (Fsp3) is 0.462. The van der Waals surface area contributed by atoms with Crippen molar-refractivity contribution in [3.63, 3.8) is 0 Å². The number of hydrogen-bond acceptors (Lipinski definition) is 4. The number of benzene rings is 1. The molecule has 1 aliphatic heterocycles. The highest BCUT2D eigenvalue weighted by atomic mass is 16.5. The molecule has 2 rings (SSSR count). The smallest absolute Gasteiger partial charge is 0.242 e. The molecule has 1 aromatic carbocycles. The maximum atomic E-state index is 12.0. The topological polar surface area (TPSA) is 53.6 Å². The Bertz CT molecular complexity index is 405. The van der Waals surface area contributed by atoms with Crippen LogP contribution in [0.2, 0.25) is 0 Å². The van der Waals surface area contributed by atoms with E-state index in [-0.39, 0.29) is 11.9 Å². The second kappa shape index (κ2) is 5.84. The minimum atomic E-state index is -0.147. The Morgan fingerprint density at radius 1 is 1.44 bits per heavy atom. The average molecular weight is 249 g/mol. The summed E-state index contributed by atoms with van der Waals surface area (Å²) in [6.07, 6.45) is 0. The van der Waals surface area contributed by atoms with Crippen LogP contribution in [0.25, 0.3) is 0 Å². The van der Waals surface area contributed by atoms with Gasteiger partial charge in [0, 0.05) is 25.3 Å². The van der Waals surface area contributed by atoms with Crippen molar-refractivity contribution >= 4 is 11.6 Å². The van der Waals surface area contributed by atoms with Gasteiger partial charge in [0.05, 0.1) is 13.2 Å². The summed E-state index contributed by atoms with van der Waals surface area (Å²) in [5, 5.41) is 6.11. The number of amides is 1. The Kier molecular flexibility index (Phi) is 4.17. The van der Waals surface area contributed by atoms with Crippen molar-refractivity contribution in [2.75, 3.05) is 39.1 Å². The monoisotopic (exact) mass is 249 g/mol. The van der Waals surface area contributed by atoms with E-state index in [0.717, 1.165) is 31.1 Å². The van der Waals surface area contributed by atoms with Gasteiger partial charge in [-0.05, 0) is 31.3 Å². The second-order valence-electron chi connectivity index (χ2n) is 4.49. The molecule has 2 N–H and O–H groups in total. The van der Waals surface area contributed by atoms with E-state index in [1.165, 1.54) is 0 Å². The molecular weight excluding hydrogens is 230 g/mol. The molecule has 1 saturated heterocycles. The summed E-state index contributed by atoms with van der Waals surface area (Å²) in [7, 11) is 3.64. The molecule has 5 nitrogen and oxygen atoms in total.